The molecular weight excluding hydrogens is 208 g/mol. The van der Waals surface area contributed by atoms with E-state index in [2.05, 4.69) is 54.1 Å². The van der Waals surface area contributed by atoms with E-state index in [0.717, 1.165) is 11.3 Å². The number of aromatic nitrogens is 2. The maximum absolute atomic E-state index is 4.36. The molecule has 2 heterocycles. The highest BCUT2D eigenvalue weighted by Crippen LogP contribution is 2.25. The average Bonchev–Trinajstić information content (AvgIpc) is 2.74. The summed E-state index contributed by atoms with van der Waals surface area (Å²) in [5.74, 6) is 0. The molecule has 1 aromatic carbocycles. The minimum absolute atomic E-state index is 0.960. The van der Waals surface area contributed by atoms with E-state index in [1.165, 1.54) is 22.1 Å². The number of rotatable bonds is 1. The van der Waals surface area contributed by atoms with Crippen LogP contribution in [-0.4, -0.2) is 9.97 Å². The number of fused-ring (bicyclic) bond motifs is 1. The lowest BCUT2D eigenvalue weighted by molar-refractivity contribution is 1.31. The predicted molar refractivity (Wildman–Crippen MR) is 71.0 cm³/mol. The summed E-state index contributed by atoms with van der Waals surface area (Å²) in [5, 5.41) is 1.20. The Morgan fingerprint density at radius 3 is 2.71 bits per heavy atom. The van der Waals surface area contributed by atoms with Crippen molar-refractivity contribution in [2.24, 2.45) is 0 Å². The van der Waals surface area contributed by atoms with Crippen LogP contribution in [0.15, 0.2) is 42.6 Å². The van der Waals surface area contributed by atoms with Gasteiger partial charge in [0.2, 0.25) is 0 Å². The van der Waals surface area contributed by atoms with Gasteiger partial charge in [0.25, 0.3) is 0 Å². The Hall–Kier alpha value is -2.09. The van der Waals surface area contributed by atoms with Gasteiger partial charge in [0.1, 0.15) is 5.65 Å². The lowest BCUT2D eigenvalue weighted by Gasteiger charge is -1.98. The van der Waals surface area contributed by atoms with E-state index in [1.54, 1.807) is 0 Å². The van der Waals surface area contributed by atoms with Crippen molar-refractivity contribution in [3.63, 3.8) is 0 Å². The van der Waals surface area contributed by atoms with Crippen LogP contribution in [0.2, 0.25) is 0 Å². The third-order valence-electron chi connectivity index (χ3n) is 3.08. The zero-order chi connectivity index (χ0) is 11.8. The van der Waals surface area contributed by atoms with E-state index in [4.69, 9.17) is 0 Å². The van der Waals surface area contributed by atoms with Crippen molar-refractivity contribution >= 4 is 11.0 Å². The van der Waals surface area contributed by atoms with Gasteiger partial charge in [-0.1, -0.05) is 23.8 Å². The van der Waals surface area contributed by atoms with Crippen molar-refractivity contribution in [3.8, 4) is 11.3 Å². The number of benzene rings is 1. The molecule has 0 radical (unpaired) electrons. The van der Waals surface area contributed by atoms with Crippen LogP contribution in [0, 0.1) is 13.8 Å². The molecule has 3 rings (SSSR count). The van der Waals surface area contributed by atoms with Crippen LogP contribution in [0.5, 0.6) is 0 Å². The first-order chi connectivity index (χ1) is 8.24. The van der Waals surface area contributed by atoms with Gasteiger partial charge in [-0.2, -0.15) is 0 Å². The number of aromatic amines is 1. The maximum Gasteiger partial charge on any atom is 0.137 e. The SMILES string of the molecule is Cc1cccc(-c2cc3c(C)ccnc3[nH]2)c1. The molecule has 2 heteroatoms. The molecule has 2 aromatic heterocycles. The van der Waals surface area contributed by atoms with Gasteiger partial charge in [-0.3, -0.25) is 0 Å². The van der Waals surface area contributed by atoms with E-state index in [9.17, 15) is 0 Å². The molecule has 3 aromatic rings. The van der Waals surface area contributed by atoms with Crippen LogP contribution in [-0.2, 0) is 0 Å². The van der Waals surface area contributed by atoms with Gasteiger partial charge in [0.15, 0.2) is 0 Å². The third kappa shape index (κ3) is 1.72. The molecule has 2 nitrogen and oxygen atoms in total. The first-order valence-electron chi connectivity index (χ1n) is 5.75. The van der Waals surface area contributed by atoms with E-state index >= 15 is 0 Å². The van der Waals surface area contributed by atoms with Crippen molar-refractivity contribution in [1.82, 2.24) is 9.97 Å². The van der Waals surface area contributed by atoms with Crippen LogP contribution in [0.4, 0.5) is 0 Å². The van der Waals surface area contributed by atoms with Gasteiger partial charge in [-0.25, -0.2) is 4.98 Å². The summed E-state index contributed by atoms with van der Waals surface area (Å²) < 4.78 is 0. The molecule has 1 N–H and O–H groups in total. The standard InChI is InChI=1S/C15H14N2/c1-10-4-3-5-12(8-10)14-9-13-11(2)6-7-16-15(13)17-14/h3-9H,1-2H3,(H,16,17). The smallest absolute Gasteiger partial charge is 0.137 e. The van der Waals surface area contributed by atoms with Crippen molar-refractivity contribution in [3.05, 3.63) is 53.7 Å². The van der Waals surface area contributed by atoms with E-state index in [-0.39, 0.29) is 0 Å². The number of nitrogens with one attached hydrogen (secondary N) is 1. The lowest BCUT2D eigenvalue weighted by Crippen LogP contribution is -1.79. The van der Waals surface area contributed by atoms with Gasteiger partial charge >= 0.3 is 0 Å². The van der Waals surface area contributed by atoms with Crippen LogP contribution >= 0.6 is 0 Å². The molecule has 0 unspecified atom stereocenters. The summed E-state index contributed by atoms with van der Waals surface area (Å²) >= 11 is 0. The van der Waals surface area contributed by atoms with Crippen LogP contribution in [0.3, 0.4) is 0 Å². The summed E-state index contributed by atoms with van der Waals surface area (Å²) in [5.41, 5.74) is 5.82. The normalized spacial score (nSPS) is 10.9. The lowest BCUT2D eigenvalue weighted by atomic mass is 10.1. The first kappa shape index (κ1) is 10.1. The summed E-state index contributed by atoms with van der Waals surface area (Å²) in [6.45, 7) is 4.22. The molecule has 84 valence electrons. The van der Waals surface area contributed by atoms with E-state index in [0.29, 0.717) is 0 Å². The second kappa shape index (κ2) is 3.74. The molecule has 0 aliphatic rings. The van der Waals surface area contributed by atoms with Crippen molar-refractivity contribution in [1.29, 1.82) is 0 Å². The fourth-order valence-electron chi connectivity index (χ4n) is 2.13. The van der Waals surface area contributed by atoms with E-state index in [1.807, 2.05) is 12.3 Å². The highest BCUT2D eigenvalue weighted by Gasteiger charge is 2.05. The second-order valence-electron chi connectivity index (χ2n) is 4.44. The maximum atomic E-state index is 4.36. The van der Waals surface area contributed by atoms with E-state index < -0.39 is 0 Å². The van der Waals surface area contributed by atoms with Crippen molar-refractivity contribution in [2.45, 2.75) is 13.8 Å². The Labute approximate surface area is 100 Å². The van der Waals surface area contributed by atoms with Gasteiger partial charge < -0.3 is 4.98 Å². The van der Waals surface area contributed by atoms with Gasteiger partial charge in [0.05, 0.1) is 0 Å². The minimum Gasteiger partial charge on any atom is -0.339 e. The summed E-state index contributed by atoms with van der Waals surface area (Å²) in [6, 6.07) is 12.7. The number of aryl methyl sites for hydroxylation is 2. The van der Waals surface area contributed by atoms with Crippen molar-refractivity contribution in [2.75, 3.05) is 0 Å². The number of nitrogens with zero attached hydrogens (tertiary/aromatic N) is 1. The fraction of sp³-hybridized carbons (Fsp3) is 0.133. The Morgan fingerprint density at radius 2 is 1.94 bits per heavy atom. The van der Waals surface area contributed by atoms with Gasteiger partial charge in [-0.05, 0) is 43.2 Å². The molecule has 0 fully saturated rings. The van der Waals surface area contributed by atoms with Gasteiger partial charge in [-0.15, -0.1) is 0 Å². The topological polar surface area (TPSA) is 28.7 Å². The predicted octanol–water partition coefficient (Wildman–Crippen LogP) is 3.85. The monoisotopic (exact) mass is 222 g/mol. The summed E-state index contributed by atoms with van der Waals surface area (Å²) in [6.07, 6.45) is 1.84. The molecule has 0 aliphatic carbocycles. The highest BCUT2D eigenvalue weighted by molar-refractivity contribution is 5.85. The first-order valence-corrected chi connectivity index (χ1v) is 5.75. The molecular formula is C15H14N2. The molecule has 0 saturated carbocycles. The van der Waals surface area contributed by atoms with Crippen LogP contribution in [0.25, 0.3) is 22.3 Å². The Kier molecular flexibility index (Phi) is 2.22. The summed E-state index contributed by atoms with van der Waals surface area (Å²) in [7, 11) is 0. The molecule has 0 bridgehead atoms. The molecule has 0 saturated heterocycles. The quantitative estimate of drug-likeness (QED) is 0.665. The van der Waals surface area contributed by atoms with Crippen molar-refractivity contribution < 1.29 is 0 Å². The molecule has 0 amide bonds. The molecule has 0 aliphatic heterocycles. The molecule has 17 heavy (non-hydrogen) atoms. The zero-order valence-electron chi connectivity index (χ0n) is 9.99. The minimum atomic E-state index is 0.960. The highest BCUT2D eigenvalue weighted by atomic mass is 14.9. The number of hydrogen-bond donors (Lipinski definition) is 1. The Balaban J connectivity index is 2.22. The van der Waals surface area contributed by atoms with Gasteiger partial charge in [0, 0.05) is 17.3 Å². The zero-order valence-corrected chi connectivity index (χ0v) is 9.99. The average molecular weight is 222 g/mol. The molecule has 0 spiro atoms. The fourth-order valence-corrected chi connectivity index (χ4v) is 2.13. The Morgan fingerprint density at radius 1 is 1.06 bits per heavy atom. The molecule has 0 atom stereocenters. The Bertz CT molecular complexity index is 680. The van der Waals surface area contributed by atoms with Crippen LogP contribution in [0.1, 0.15) is 11.1 Å². The number of hydrogen-bond acceptors (Lipinski definition) is 1. The second-order valence-corrected chi connectivity index (χ2v) is 4.44. The summed E-state index contributed by atoms with van der Waals surface area (Å²) in [4.78, 5) is 7.72. The number of pyridine rings is 1. The third-order valence-corrected chi connectivity index (χ3v) is 3.08. The van der Waals surface area contributed by atoms with Crippen LogP contribution < -0.4 is 0 Å². The number of H-pyrrole nitrogens is 1. The largest absolute Gasteiger partial charge is 0.339 e.